The van der Waals surface area contributed by atoms with Crippen LogP contribution in [0.1, 0.15) is 12.0 Å². The minimum atomic E-state index is -4.63. The Morgan fingerprint density at radius 2 is 1.72 bits per heavy atom. The average Bonchev–Trinajstić information content (AvgIpc) is 2.13. The van der Waals surface area contributed by atoms with Crippen molar-refractivity contribution in [2.24, 2.45) is 0 Å². The summed E-state index contributed by atoms with van der Waals surface area (Å²) >= 11 is 0. The number of alkyl halides is 6. The molecular formula is C9H9F6N3. The number of hydrogen-bond acceptors (Lipinski definition) is 3. The predicted octanol–water partition coefficient (Wildman–Crippen LogP) is 3.05. The van der Waals surface area contributed by atoms with Crippen molar-refractivity contribution < 1.29 is 26.3 Å². The van der Waals surface area contributed by atoms with Gasteiger partial charge in [0.2, 0.25) is 0 Å². The fraction of sp³-hybridized carbons (Fsp3) is 0.444. The molecule has 0 aliphatic rings. The topological polar surface area (TPSA) is 50.9 Å². The fourth-order valence-corrected chi connectivity index (χ4v) is 1.14. The van der Waals surface area contributed by atoms with Gasteiger partial charge in [-0.05, 0) is 12.1 Å². The number of nitrogens with one attached hydrogen (secondary N) is 1. The van der Waals surface area contributed by atoms with Gasteiger partial charge >= 0.3 is 12.4 Å². The summed E-state index contributed by atoms with van der Waals surface area (Å²) in [6.07, 6.45) is -10.2. The molecule has 9 heteroatoms. The number of nitrogens with two attached hydrogens (primary N) is 1. The summed E-state index contributed by atoms with van der Waals surface area (Å²) < 4.78 is 72.6. The first-order valence-electron chi connectivity index (χ1n) is 4.73. The van der Waals surface area contributed by atoms with Gasteiger partial charge in [0.25, 0.3) is 0 Å². The van der Waals surface area contributed by atoms with Crippen molar-refractivity contribution in [3.05, 3.63) is 17.7 Å². The fourth-order valence-electron chi connectivity index (χ4n) is 1.14. The smallest absolute Gasteiger partial charge is 0.384 e. The van der Waals surface area contributed by atoms with Crippen molar-refractivity contribution in [3.63, 3.8) is 0 Å². The molecule has 0 saturated heterocycles. The first kappa shape index (κ1) is 14.4. The van der Waals surface area contributed by atoms with Crippen molar-refractivity contribution in [3.8, 4) is 0 Å². The van der Waals surface area contributed by atoms with Crippen molar-refractivity contribution in [2.45, 2.75) is 18.8 Å². The number of halogens is 6. The molecule has 0 spiro atoms. The second-order valence-corrected chi connectivity index (χ2v) is 3.46. The second kappa shape index (κ2) is 4.91. The zero-order valence-corrected chi connectivity index (χ0v) is 8.86. The van der Waals surface area contributed by atoms with E-state index in [1.54, 1.807) is 0 Å². The van der Waals surface area contributed by atoms with E-state index >= 15 is 0 Å². The number of pyridine rings is 1. The number of anilines is 2. The summed E-state index contributed by atoms with van der Waals surface area (Å²) in [6, 6.07) is 1.21. The highest BCUT2D eigenvalue weighted by molar-refractivity contribution is 5.47. The third kappa shape index (κ3) is 4.68. The Morgan fingerprint density at radius 3 is 2.22 bits per heavy atom. The lowest BCUT2D eigenvalue weighted by Gasteiger charge is -2.12. The van der Waals surface area contributed by atoms with E-state index in [-0.39, 0.29) is 5.82 Å². The van der Waals surface area contributed by atoms with Gasteiger partial charge < -0.3 is 11.1 Å². The lowest BCUT2D eigenvalue weighted by Crippen LogP contribution is -2.16. The molecule has 0 fully saturated rings. The van der Waals surface area contributed by atoms with Crippen LogP contribution in [0.25, 0.3) is 0 Å². The molecule has 0 aliphatic heterocycles. The van der Waals surface area contributed by atoms with Crippen LogP contribution in [0.4, 0.5) is 38.0 Å². The van der Waals surface area contributed by atoms with Gasteiger partial charge in [-0.15, -0.1) is 0 Å². The Balaban J connectivity index is 2.75. The van der Waals surface area contributed by atoms with Crippen LogP contribution >= 0.6 is 0 Å². The number of rotatable bonds is 3. The molecule has 3 N–H and O–H groups in total. The number of aromatic nitrogens is 1. The molecule has 0 bridgehead atoms. The highest BCUT2D eigenvalue weighted by atomic mass is 19.4. The van der Waals surface area contributed by atoms with Gasteiger partial charge in [0.1, 0.15) is 11.6 Å². The summed E-state index contributed by atoms with van der Waals surface area (Å²) in [6.45, 7) is -0.572. The maximum absolute atomic E-state index is 12.4. The molecule has 0 aliphatic carbocycles. The Hall–Kier alpha value is -1.67. The van der Waals surface area contributed by atoms with Gasteiger partial charge in [0.15, 0.2) is 0 Å². The molecule has 0 radical (unpaired) electrons. The molecule has 1 aromatic rings. The molecule has 0 atom stereocenters. The second-order valence-electron chi connectivity index (χ2n) is 3.46. The normalized spacial score (nSPS) is 12.6. The van der Waals surface area contributed by atoms with E-state index < -0.39 is 36.7 Å². The van der Waals surface area contributed by atoms with Crippen LogP contribution < -0.4 is 11.1 Å². The van der Waals surface area contributed by atoms with Crippen molar-refractivity contribution in [1.82, 2.24) is 4.98 Å². The minimum Gasteiger partial charge on any atom is -0.384 e. The van der Waals surface area contributed by atoms with Crippen molar-refractivity contribution in [1.29, 1.82) is 0 Å². The van der Waals surface area contributed by atoms with E-state index in [9.17, 15) is 26.3 Å². The summed E-state index contributed by atoms with van der Waals surface area (Å²) in [7, 11) is 0. The van der Waals surface area contributed by atoms with Crippen LogP contribution in [0, 0.1) is 0 Å². The average molecular weight is 273 g/mol. The van der Waals surface area contributed by atoms with Crippen LogP contribution in [0.2, 0.25) is 0 Å². The number of nitrogen functional groups attached to an aromatic ring is 1. The van der Waals surface area contributed by atoms with Gasteiger partial charge in [-0.3, -0.25) is 0 Å². The van der Waals surface area contributed by atoms with Crippen LogP contribution in [-0.4, -0.2) is 17.7 Å². The summed E-state index contributed by atoms with van der Waals surface area (Å²) in [5, 5.41) is 2.14. The SMILES string of the molecule is Nc1cc(C(F)(F)F)cc(NCCC(F)(F)F)n1. The molecule has 0 saturated carbocycles. The standard InChI is InChI=1S/C9H9F6N3/c10-8(11,12)1-2-17-7-4-5(9(13,14)15)3-6(16)18-7/h3-4H,1-2H2,(H3,16,17,18). The summed E-state index contributed by atoms with van der Waals surface area (Å²) in [4.78, 5) is 3.47. The van der Waals surface area contributed by atoms with E-state index in [0.717, 1.165) is 0 Å². The first-order valence-corrected chi connectivity index (χ1v) is 4.73. The highest BCUT2D eigenvalue weighted by Gasteiger charge is 2.31. The van der Waals surface area contributed by atoms with Crippen LogP contribution in [-0.2, 0) is 6.18 Å². The molecule has 0 amide bonds. The molecule has 3 nitrogen and oxygen atoms in total. The number of nitrogens with zero attached hydrogens (tertiary/aromatic N) is 1. The molecule has 0 aromatic carbocycles. The van der Waals surface area contributed by atoms with Gasteiger partial charge in [-0.25, -0.2) is 4.98 Å². The third-order valence-electron chi connectivity index (χ3n) is 1.89. The molecule has 0 unspecified atom stereocenters. The molecule has 18 heavy (non-hydrogen) atoms. The maximum atomic E-state index is 12.4. The van der Waals surface area contributed by atoms with Crippen LogP contribution in [0.15, 0.2) is 12.1 Å². The zero-order chi connectivity index (χ0) is 14.0. The Bertz CT molecular complexity index is 412. The maximum Gasteiger partial charge on any atom is 0.416 e. The van der Waals surface area contributed by atoms with Crippen molar-refractivity contribution in [2.75, 3.05) is 17.6 Å². The van der Waals surface area contributed by atoms with E-state index in [4.69, 9.17) is 5.73 Å². The molecule has 1 rings (SSSR count). The van der Waals surface area contributed by atoms with Crippen LogP contribution in [0.3, 0.4) is 0 Å². The lowest BCUT2D eigenvalue weighted by atomic mass is 10.2. The van der Waals surface area contributed by atoms with Crippen LogP contribution in [0.5, 0.6) is 0 Å². The Kier molecular flexibility index (Phi) is 3.92. The van der Waals surface area contributed by atoms with Crippen molar-refractivity contribution >= 4 is 11.6 Å². The van der Waals surface area contributed by atoms with E-state index in [2.05, 4.69) is 10.3 Å². The van der Waals surface area contributed by atoms with Gasteiger partial charge in [0.05, 0.1) is 12.0 Å². The Morgan fingerprint density at radius 1 is 1.11 bits per heavy atom. The monoisotopic (exact) mass is 273 g/mol. The minimum absolute atomic E-state index is 0.341. The predicted molar refractivity (Wildman–Crippen MR) is 52.8 cm³/mol. The van der Waals surface area contributed by atoms with E-state index in [1.807, 2.05) is 0 Å². The van der Waals surface area contributed by atoms with E-state index in [0.29, 0.717) is 12.1 Å². The van der Waals surface area contributed by atoms with Gasteiger partial charge in [-0.2, -0.15) is 26.3 Å². The number of hydrogen-bond donors (Lipinski definition) is 2. The first-order chi connectivity index (χ1) is 8.08. The summed E-state index contributed by atoms with van der Waals surface area (Å²) in [5.74, 6) is -0.758. The zero-order valence-electron chi connectivity index (χ0n) is 8.86. The molecule has 1 heterocycles. The van der Waals surface area contributed by atoms with E-state index in [1.165, 1.54) is 0 Å². The van der Waals surface area contributed by atoms with Gasteiger partial charge in [0, 0.05) is 6.54 Å². The lowest BCUT2D eigenvalue weighted by molar-refractivity contribution is -0.137. The molecule has 1 aromatic heterocycles. The highest BCUT2D eigenvalue weighted by Crippen LogP contribution is 2.31. The molecule has 102 valence electrons. The molecular weight excluding hydrogens is 264 g/mol. The largest absolute Gasteiger partial charge is 0.416 e. The Labute approximate surface area is 98.0 Å². The summed E-state index contributed by atoms with van der Waals surface area (Å²) in [5.41, 5.74) is 4.08. The quantitative estimate of drug-likeness (QED) is 0.832. The van der Waals surface area contributed by atoms with Gasteiger partial charge in [-0.1, -0.05) is 0 Å². The third-order valence-corrected chi connectivity index (χ3v) is 1.89.